The maximum absolute atomic E-state index is 12.4. The van der Waals surface area contributed by atoms with Gasteiger partial charge in [0.15, 0.2) is 0 Å². The highest BCUT2D eigenvalue weighted by Crippen LogP contribution is 2.22. The number of carbonyl (C=O) groups excluding carboxylic acids is 2. The molecule has 0 radical (unpaired) electrons. The van der Waals surface area contributed by atoms with Gasteiger partial charge in [0.05, 0.1) is 13.7 Å². The lowest BCUT2D eigenvalue weighted by molar-refractivity contribution is -0.129. The molecule has 3 aromatic rings. The van der Waals surface area contributed by atoms with Crippen LogP contribution >= 0.6 is 0 Å². The fraction of sp³-hybridized carbons (Fsp3) is 0.200. The zero-order valence-electron chi connectivity index (χ0n) is 17.5. The summed E-state index contributed by atoms with van der Waals surface area (Å²) >= 11 is 0. The van der Waals surface area contributed by atoms with Gasteiger partial charge in [-0.25, -0.2) is 0 Å². The normalized spacial score (nSPS) is 10.9. The van der Waals surface area contributed by atoms with Crippen molar-refractivity contribution in [3.05, 3.63) is 77.9 Å². The molecule has 2 amide bonds. The third kappa shape index (κ3) is 5.26. The molecule has 0 saturated carbocycles. The van der Waals surface area contributed by atoms with E-state index in [0.29, 0.717) is 0 Å². The summed E-state index contributed by atoms with van der Waals surface area (Å²) in [5.41, 5.74) is 2.76. The number of amides is 2. The molecule has 154 valence electrons. The molecular formula is C25H26N2O3. The number of hydrogen-bond donors (Lipinski definition) is 1. The smallest absolute Gasteiger partial charge is 0.246 e. The van der Waals surface area contributed by atoms with Gasteiger partial charge in [0.1, 0.15) is 5.75 Å². The Hall–Kier alpha value is -3.60. The van der Waals surface area contributed by atoms with E-state index in [1.54, 1.807) is 20.2 Å². The van der Waals surface area contributed by atoms with Gasteiger partial charge in [-0.1, -0.05) is 43.3 Å². The van der Waals surface area contributed by atoms with Gasteiger partial charge >= 0.3 is 0 Å². The predicted molar refractivity (Wildman–Crippen MR) is 122 cm³/mol. The fourth-order valence-corrected chi connectivity index (χ4v) is 3.20. The predicted octanol–water partition coefficient (Wildman–Crippen LogP) is 4.52. The van der Waals surface area contributed by atoms with Crippen LogP contribution in [0.3, 0.4) is 0 Å². The molecule has 0 saturated heterocycles. The maximum Gasteiger partial charge on any atom is 0.246 e. The summed E-state index contributed by atoms with van der Waals surface area (Å²) < 4.78 is 5.24. The van der Waals surface area contributed by atoms with E-state index in [0.717, 1.165) is 39.8 Å². The van der Waals surface area contributed by atoms with Gasteiger partial charge in [0, 0.05) is 18.8 Å². The molecule has 0 aliphatic heterocycles. The van der Waals surface area contributed by atoms with Crippen molar-refractivity contribution in [3.63, 3.8) is 0 Å². The molecule has 3 aromatic carbocycles. The van der Waals surface area contributed by atoms with E-state index in [4.69, 9.17) is 4.74 Å². The van der Waals surface area contributed by atoms with Crippen LogP contribution in [0.5, 0.6) is 5.75 Å². The van der Waals surface area contributed by atoms with Crippen LogP contribution < -0.4 is 10.1 Å². The van der Waals surface area contributed by atoms with Crippen molar-refractivity contribution in [2.24, 2.45) is 0 Å². The average Bonchev–Trinajstić information content (AvgIpc) is 2.77. The lowest BCUT2D eigenvalue weighted by atomic mass is 10.1. The highest BCUT2D eigenvalue weighted by molar-refractivity contribution is 5.98. The number of ether oxygens (including phenoxy) is 1. The lowest BCUT2D eigenvalue weighted by Gasteiger charge is -2.16. The Morgan fingerprint density at radius 3 is 2.53 bits per heavy atom. The molecule has 0 aliphatic rings. The lowest BCUT2D eigenvalue weighted by Crippen LogP contribution is -2.34. The highest BCUT2D eigenvalue weighted by atomic mass is 16.5. The standard InChI is InChI=1S/C25H26N2O3/c1-4-19-7-5-6-8-23(19)26-24(28)17-27(2)25(29)14-10-18-9-11-21-16-22(30-3)13-12-20(21)15-18/h5-16H,4,17H2,1-3H3,(H,26,28)/b14-10+. The second kappa shape index (κ2) is 9.74. The Labute approximate surface area is 177 Å². The second-order valence-electron chi connectivity index (χ2n) is 7.06. The molecule has 0 atom stereocenters. The molecule has 0 fully saturated rings. The van der Waals surface area contributed by atoms with Crippen LogP contribution in [0.15, 0.2) is 66.7 Å². The largest absolute Gasteiger partial charge is 0.497 e. The molecule has 0 aromatic heterocycles. The average molecular weight is 402 g/mol. The van der Waals surface area contributed by atoms with Crippen LogP contribution in [0.25, 0.3) is 16.8 Å². The van der Waals surface area contributed by atoms with Crippen molar-refractivity contribution >= 4 is 34.4 Å². The number of anilines is 1. The van der Waals surface area contributed by atoms with E-state index >= 15 is 0 Å². The van der Waals surface area contributed by atoms with Crippen LogP contribution in [0.2, 0.25) is 0 Å². The summed E-state index contributed by atoms with van der Waals surface area (Å²) in [4.78, 5) is 26.1. The number of hydrogen-bond acceptors (Lipinski definition) is 3. The minimum absolute atomic E-state index is 0.0151. The van der Waals surface area contributed by atoms with Crippen LogP contribution in [-0.2, 0) is 16.0 Å². The number of rotatable bonds is 7. The Morgan fingerprint density at radius 1 is 1.03 bits per heavy atom. The summed E-state index contributed by atoms with van der Waals surface area (Å²) in [5, 5.41) is 5.01. The molecule has 5 heteroatoms. The number of nitrogens with one attached hydrogen (secondary N) is 1. The summed E-state index contributed by atoms with van der Waals surface area (Å²) in [6.07, 6.45) is 4.07. The van der Waals surface area contributed by atoms with Gasteiger partial charge in [-0.2, -0.15) is 0 Å². The quantitative estimate of drug-likeness (QED) is 0.591. The molecular weight excluding hydrogens is 376 g/mol. The number of fused-ring (bicyclic) bond motifs is 1. The molecule has 5 nitrogen and oxygen atoms in total. The van der Waals surface area contributed by atoms with E-state index in [2.05, 4.69) is 5.32 Å². The van der Waals surface area contributed by atoms with Crippen LogP contribution in [-0.4, -0.2) is 37.4 Å². The molecule has 30 heavy (non-hydrogen) atoms. The zero-order chi connectivity index (χ0) is 21.5. The number of para-hydroxylation sites is 1. The number of carbonyl (C=O) groups is 2. The highest BCUT2D eigenvalue weighted by Gasteiger charge is 2.12. The van der Waals surface area contributed by atoms with E-state index in [1.807, 2.05) is 67.6 Å². The minimum atomic E-state index is -0.233. The number of methoxy groups -OCH3 is 1. The van der Waals surface area contributed by atoms with Gasteiger partial charge in [-0.05, 0) is 58.7 Å². The van der Waals surface area contributed by atoms with Gasteiger partial charge in [-0.3, -0.25) is 9.59 Å². The van der Waals surface area contributed by atoms with Crippen LogP contribution in [0.1, 0.15) is 18.1 Å². The first-order valence-corrected chi connectivity index (χ1v) is 9.89. The molecule has 1 N–H and O–H groups in total. The monoisotopic (exact) mass is 402 g/mol. The van der Waals surface area contributed by atoms with Gasteiger partial charge in [0.2, 0.25) is 11.8 Å². The topological polar surface area (TPSA) is 58.6 Å². The van der Waals surface area contributed by atoms with Crippen LogP contribution in [0, 0.1) is 0 Å². The first-order valence-electron chi connectivity index (χ1n) is 9.89. The van der Waals surface area contributed by atoms with Gasteiger partial charge in [-0.15, -0.1) is 0 Å². The zero-order valence-corrected chi connectivity index (χ0v) is 17.5. The summed E-state index contributed by atoms with van der Waals surface area (Å²) in [7, 11) is 3.26. The van der Waals surface area contributed by atoms with Gasteiger partial charge in [0.25, 0.3) is 0 Å². The SMILES string of the molecule is CCc1ccccc1NC(=O)CN(C)C(=O)/C=C/c1ccc2cc(OC)ccc2c1. The van der Waals surface area contributed by atoms with Gasteiger partial charge < -0.3 is 15.0 Å². The number of nitrogens with zero attached hydrogens (tertiary/aromatic N) is 1. The molecule has 0 bridgehead atoms. The first kappa shape index (κ1) is 21.1. The maximum atomic E-state index is 12.4. The number of likely N-dealkylation sites (N-methyl/N-ethyl adjacent to an activating group) is 1. The minimum Gasteiger partial charge on any atom is -0.497 e. The van der Waals surface area contributed by atoms with E-state index < -0.39 is 0 Å². The van der Waals surface area contributed by atoms with E-state index in [-0.39, 0.29) is 18.4 Å². The number of benzene rings is 3. The van der Waals surface area contributed by atoms with Crippen molar-refractivity contribution in [3.8, 4) is 5.75 Å². The fourth-order valence-electron chi connectivity index (χ4n) is 3.20. The molecule has 0 aliphatic carbocycles. The van der Waals surface area contributed by atoms with E-state index in [9.17, 15) is 9.59 Å². The summed E-state index contributed by atoms with van der Waals surface area (Å²) in [6.45, 7) is 2.02. The molecule has 0 unspecified atom stereocenters. The Kier molecular flexibility index (Phi) is 6.86. The Balaban J connectivity index is 1.61. The van der Waals surface area contributed by atoms with Crippen molar-refractivity contribution < 1.29 is 14.3 Å². The summed E-state index contributed by atoms with van der Waals surface area (Å²) in [5.74, 6) is 0.353. The van der Waals surface area contributed by atoms with Crippen molar-refractivity contribution in [1.29, 1.82) is 0 Å². The first-order chi connectivity index (χ1) is 14.5. The molecule has 3 rings (SSSR count). The summed E-state index contributed by atoms with van der Waals surface area (Å²) in [6, 6.07) is 19.5. The van der Waals surface area contributed by atoms with Crippen molar-refractivity contribution in [2.75, 3.05) is 26.0 Å². The molecule has 0 spiro atoms. The Bertz CT molecular complexity index is 1090. The molecule has 0 heterocycles. The van der Waals surface area contributed by atoms with Crippen LogP contribution in [0.4, 0.5) is 5.69 Å². The second-order valence-corrected chi connectivity index (χ2v) is 7.06. The Morgan fingerprint density at radius 2 is 1.77 bits per heavy atom. The number of aryl methyl sites for hydroxylation is 1. The third-order valence-electron chi connectivity index (χ3n) is 4.92. The van der Waals surface area contributed by atoms with E-state index in [1.165, 1.54) is 11.0 Å². The van der Waals surface area contributed by atoms with Crippen molar-refractivity contribution in [1.82, 2.24) is 4.90 Å². The van der Waals surface area contributed by atoms with Crippen molar-refractivity contribution in [2.45, 2.75) is 13.3 Å². The third-order valence-corrected chi connectivity index (χ3v) is 4.92.